The van der Waals surface area contributed by atoms with Crippen LogP contribution in [0.4, 0.5) is 0 Å². The summed E-state index contributed by atoms with van der Waals surface area (Å²) in [6, 6.07) is 0. The lowest BCUT2D eigenvalue weighted by Crippen LogP contribution is -1.75. The van der Waals surface area contributed by atoms with Crippen molar-refractivity contribution in [1.82, 2.24) is 0 Å². The predicted octanol–water partition coefficient (Wildman–Crippen LogP) is 4.06. The standard InChI is InChI=1S/C12H22O/c1-3-4-5-6-7-8-9-10-11-12-13-2/h9-12H,3-8H2,1-2H3/b10-9+,12-11+. The Balaban J connectivity index is 3.06. The fourth-order valence-electron chi connectivity index (χ4n) is 1.16. The van der Waals surface area contributed by atoms with Gasteiger partial charge in [-0.15, -0.1) is 0 Å². The molecule has 0 heterocycles. The third kappa shape index (κ3) is 11.3. The van der Waals surface area contributed by atoms with Gasteiger partial charge in [0.1, 0.15) is 0 Å². The summed E-state index contributed by atoms with van der Waals surface area (Å²) in [6.45, 7) is 2.25. The first-order valence-electron chi connectivity index (χ1n) is 5.26. The molecule has 0 aromatic heterocycles. The maximum absolute atomic E-state index is 4.77. The van der Waals surface area contributed by atoms with Crippen LogP contribution in [0.15, 0.2) is 24.5 Å². The summed E-state index contributed by atoms with van der Waals surface area (Å²) in [5, 5.41) is 0. The number of rotatable bonds is 8. The van der Waals surface area contributed by atoms with E-state index in [1.165, 1.54) is 38.5 Å². The van der Waals surface area contributed by atoms with Crippen LogP contribution in [0, 0.1) is 0 Å². The Morgan fingerprint density at radius 3 is 2.46 bits per heavy atom. The topological polar surface area (TPSA) is 9.23 Å². The first kappa shape index (κ1) is 12.3. The van der Waals surface area contributed by atoms with Crippen molar-refractivity contribution in [3.63, 3.8) is 0 Å². The van der Waals surface area contributed by atoms with Gasteiger partial charge in [0.15, 0.2) is 0 Å². The summed E-state index contributed by atoms with van der Waals surface area (Å²) in [7, 11) is 1.66. The monoisotopic (exact) mass is 182 g/mol. The second-order valence-corrected chi connectivity index (χ2v) is 3.20. The normalized spacial score (nSPS) is 11.5. The minimum absolute atomic E-state index is 1.19. The molecule has 0 radical (unpaired) electrons. The van der Waals surface area contributed by atoms with Gasteiger partial charge in [-0.2, -0.15) is 0 Å². The van der Waals surface area contributed by atoms with Crippen molar-refractivity contribution in [3.05, 3.63) is 24.5 Å². The molecule has 1 nitrogen and oxygen atoms in total. The van der Waals surface area contributed by atoms with Crippen molar-refractivity contribution >= 4 is 0 Å². The van der Waals surface area contributed by atoms with Gasteiger partial charge in [-0.05, 0) is 18.9 Å². The van der Waals surface area contributed by atoms with E-state index in [-0.39, 0.29) is 0 Å². The number of allylic oxidation sites excluding steroid dienone is 3. The zero-order chi connectivity index (χ0) is 9.78. The summed E-state index contributed by atoms with van der Waals surface area (Å²) in [6.07, 6.45) is 15.8. The molecule has 0 saturated heterocycles. The largest absolute Gasteiger partial charge is 0.504 e. The number of hydrogen-bond donors (Lipinski definition) is 0. The maximum Gasteiger partial charge on any atom is 0.0824 e. The van der Waals surface area contributed by atoms with E-state index in [0.29, 0.717) is 0 Å². The maximum atomic E-state index is 4.77. The fourth-order valence-corrected chi connectivity index (χ4v) is 1.16. The molecule has 0 rings (SSSR count). The average Bonchev–Trinajstić information content (AvgIpc) is 2.16. The van der Waals surface area contributed by atoms with Gasteiger partial charge in [0, 0.05) is 0 Å². The van der Waals surface area contributed by atoms with E-state index in [0.717, 1.165) is 0 Å². The molecule has 0 aromatic carbocycles. The minimum Gasteiger partial charge on any atom is -0.504 e. The molecular formula is C12H22O. The SMILES string of the molecule is CCCCCCC/C=C/C=C/OC. The smallest absolute Gasteiger partial charge is 0.0824 e. The van der Waals surface area contributed by atoms with Crippen LogP contribution < -0.4 is 0 Å². The van der Waals surface area contributed by atoms with Crippen molar-refractivity contribution in [2.45, 2.75) is 45.4 Å². The van der Waals surface area contributed by atoms with E-state index < -0.39 is 0 Å². The molecule has 0 bridgehead atoms. The third-order valence-corrected chi connectivity index (χ3v) is 1.94. The molecule has 1 heteroatoms. The molecule has 13 heavy (non-hydrogen) atoms. The molecule has 0 aromatic rings. The average molecular weight is 182 g/mol. The molecule has 0 unspecified atom stereocenters. The Bertz CT molecular complexity index is 136. The number of hydrogen-bond acceptors (Lipinski definition) is 1. The van der Waals surface area contributed by atoms with E-state index in [2.05, 4.69) is 13.0 Å². The van der Waals surface area contributed by atoms with Gasteiger partial charge in [-0.25, -0.2) is 0 Å². The van der Waals surface area contributed by atoms with Crippen LogP contribution in [-0.4, -0.2) is 7.11 Å². The number of methoxy groups -OCH3 is 1. The van der Waals surface area contributed by atoms with Crippen LogP contribution in [0.5, 0.6) is 0 Å². The summed E-state index contributed by atoms with van der Waals surface area (Å²) in [4.78, 5) is 0. The van der Waals surface area contributed by atoms with Crippen LogP contribution in [0.3, 0.4) is 0 Å². The van der Waals surface area contributed by atoms with Gasteiger partial charge in [0.2, 0.25) is 0 Å². The Morgan fingerprint density at radius 2 is 1.77 bits per heavy atom. The van der Waals surface area contributed by atoms with E-state index in [1.54, 1.807) is 13.4 Å². The van der Waals surface area contributed by atoms with Crippen LogP contribution >= 0.6 is 0 Å². The summed E-state index contributed by atoms with van der Waals surface area (Å²) >= 11 is 0. The Hall–Kier alpha value is -0.720. The highest BCUT2D eigenvalue weighted by Crippen LogP contribution is 2.05. The van der Waals surface area contributed by atoms with E-state index in [9.17, 15) is 0 Å². The molecule has 0 atom stereocenters. The number of unbranched alkanes of at least 4 members (excludes halogenated alkanes) is 5. The predicted molar refractivity (Wildman–Crippen MR) is 58.7 cm³/mol. The van der Waals surface area contributed by atoms with Crippen LogP contribution in [-0.2, 0) is 4.74 Å². The molecular weight excluding hydrogens is 160 g/mol. The van der Waals surface area contributed by atoms with Gasteiger partial charge in [-0.3, -0.25) is 0 Å². The molecule has 0 aliphatic heterocycles. The second kappa shape index (κ2) is 11.3. The third-order valence-electron chi connectivity index (χ3n) is 1.94. The molecule has 0 aliphatic carbocycles. The highest BCUT2D eigenvalue weighted by atomic mass is 16.5. The lowest BCUT2D eigenvalue weighted by Gasteiger charge is -1.95. The zero-order valence-electron chi connectivity index (χ0n) is 8.96. The van der Waals surface area contributed by atoms with Crippen LogP contribution in [0.1, 0.15) is 45.4 Å². The quantitative estimate of drug-likeness (QED) is 0.312. The van der Waals surface area contributed by atoms with Gasteiger partial charge in [0.25, 0.3) is 0 Å². The molecule has 0 spiro atoms. The summed E-state index contributed by atoms with van der Waals surface area (Å²) in [5.41, 5.74) is 0. The van der Waals surface area contributed by atoms with Crippen LogP contribution in [0.2, 0.25) is 0 Å². The van der Waals surface area contributed by atoms with Crippen LogP contribution in [0.25, 0.3) is 0 Å². The number of ether oxygens (including phenoxy) is 1. The Kier molecular flexibility index (Phi) is 10.7. The molecule has 0 amide bonds. The van der Waals surface area contributed by atoms with E-state index in [1.807, 2.05) is 12.2 Å². The first-order valence-corrected chi connectivity index (χ1v) is 5.26. The van der Waals surface area contributed by atoms with E-state index in [4.69, 9.17) is 4.74 Å². The van der Waals surface area contributed by atoms with Gasteiger partial charge >= 0.3 is 0 Å². The molecule has 76 valence electrons. The minimum atomic E-state index is 1.19. The molecule has 0 fully saturated rings. The lowest BCUT2D eigenvalue weighted by molar-refractivity contribution is 0.338. The van der Waals surface area contributed by atoms with Crippen molar-refractivity contribution in [1.29, 1.82) is 0 Å². The van der Waals surface area contributed by atoms with Gasteiger partial charge in [0.05, 0.1) is 13.4 Å². The second-order valence-electron chi connectivity index (χ2n) is 3.20. The summed E-state index contributed by atoms with van der Waals surface area (Å²) in [5.74, 6) is 0. The van der Waals surface area contributed by atoms with Crippen molar-refractivity contribution in [3.8, 4) is 0 Å². The van der Waals surface area contributed by atoms with Crippen molar-refractivity contribution < 1.29 is 4.74 Å². The van der Waals surface area contributed by atoms with Gasteiger partial charge in [-0.1, -0.05) is 44.8 Å². The Labute approximate surface area is 82.5 Å². The zero-order valence-corrected chi connectivity index (χ0v) is 8.96. The van der Waals surface area contributed by atoms with E-state index >= 15 is 0 Å². The highest BCUT2D eigenvalue weighted by molar-refractivity contribution is 4.99. The highest BCUT2D eigenvalue weighted by Gasteiger charge is 1.85. The lowest BCUT2D eigenvalue weighted by atomic mass is 10.1. The first-order chi connectivity index (χ1) is 6.41. The van der Waals surface area contributed by atoms with Crippen molar-refractivity contribution in [2.24, 2.45) is 0 Å². The Morgan fingerprint density at radius 1 is 1.00 bits per heavy atom. The van der Waals surface area contributed by atoms with Crippen molar-refractivity contribution in [2.75, 3.05) is 7.11 Å². The summed E-state index contributed by atoms with van der Waals surface area (Å²) < 4.78 is 4.77. The molecule has 0 saturated carbocycles. The molecule has 0 N–H and O–H groups in total. The fraction of sp³-hybridized carbons (Fsp3) is 0.667. The molecule has 0 aliphatic rings. The van der Waals surface area contributed by atoms with Gasteiger partial charge < -0.3 is 4.74 Å².